The van der Waals surface area contributed by atoms with Gasteiger partial charge in [-0.05, 0) is 87.7 Å². The summed E-state index contributed by atoms with van der Waals surface area (Å²) in [7, 11) is 0. The lowest BCUT2D eigenvalue weighted by Crippen LogP contribution is -2.41. The van der Waals surface area contributed by atoms with Gasteiger partial charge in [-0.3, -0.25) is 18.9 Å². The van der Waals surface area contributed by atoms with Gasteiger partial charge in [0.15, 0.2) is 0 Å². The highest BCUT2D eigenvalue weighted by Crippen LogP contribution is 2.57. The van der Waals surface area contributed by atoms with E-state index in [1.165, 1.54) is 0 Å². The maximum atomic E-state index is 12.5. The van der Waals surface area contributed by atoms with E-state index < -0.39 is 37.2 Å². The van der Waals surface area contributed by atoms with E-state index in [9.17, 15) is 9.59 Å². The lowest BCUT2D eigenvalue weighted by atomic mass is 10.2. The summed E-state index contributed by atoms with van der Waals surface area (Å²) in [6, 6.07) is 22.0. The van der Waals surface area contributed by atoms with Crippen molar-refractivity contribution in [2.24, 2.45) is 0 Å². The van der Waals surface area contributed by atoms with Gasteiger partial charge in [0.2, 0.25) is 0 Å². The fraction of sp³-hybridized carbons (Fsp3) is 0.333. The number of carbonyl (C=O) groups excluding carboxylic acids is 2. The average molecular weight is 675 g/mol. The van der Waals surface area contributed by atoms with Crippen LogP contribution >= 0.6 is 13.1 Å². The van der Waals surface area contributed by atoms with Gasteiger partial charge >= 0.3 is 11.9 Å². The van der Waals surface area contributed by atoms with Crippen LogP contribution in [0.3, 0.4) is 0 Å². The minimum atomic E-state index is -2.96. The van der Waals surface area contributed by atoms with Crippen LogP contribution in [0.5, 0.6) is 11.5 Å². The van der Waals surface area contributed by atoms with Crippen molar-refractivity contribution in [3.05, 3.63) is 83.9 Å². The summed E-state index contributed by atoms with van der Waals surface area (Å²) < 4.78 is 27.3. The molecular formula is C30H36N4O6P2S2. The molecule has 4 unspecified atom stereocenters. The number of ether oxygens (including phenoxy) is 2. The molecule has 0 amide bonds. The van der Waals surface area contributed by atoms with Crippen LogP contribution < -0.4 is 28.6 Å². The van der Waals surface area contributed by atoms with Gasteiger partial charge in [-0.1, -0.05) is 36.4 Å². The summed E-state index contributed by atoms with van der Waals surface area (Å²) in [6.07, 6.45) is 0. The first-order chi connectivity index (χ1) is 21.1. The highest BCUT2D eigenvalue weighted by Gasteiger charge is 2.39. The molecule has 234 valence electrons. The van der Waals surface area contributed by atoms with Crippen LogP contribution in [-0.2, 0) is 55.8 Å². The summed E-state index contributed by atoms with van der Waals surface area (Å²) in [4.78, 5) is 25.0. The minimum Gasteiger partial charge on any atom is -0.465 e. The lowest BCUT2D eigenvalue weighted by molar-refractivity contribution is -0.145. The average Bonchev–Trinajstić information content (AvgIpc) is 3.00. The van der Waals surface area contributed by atoms with Crippen molar-refractivity contribution in [1.82, 2.24) is 10.2 Å². The smallest absolute Gasteiger partial charge is 0.323 e. The second-order valence-corrected chi connectivity index (χ2v) is 17.2. The van der Waals surface area contributed by atoms with Crippen LogP contribution in [0.1, 0.15) is 38.8 Å². The molecule has 0 radical (unpaired) electrons. The maximum absolute atomic E-state index is 12.5. The molecule has 0 aromatic heterocycles. The van der Waals surface area contributed by atoms with Crippen LogP contribution in [0.4, 0.5) is 11.4 Å². The summed E-state index contributed by atoms with van der Waals surface area (Å²) in [5.41, 5.74) is 3.59. The standard InChI is InChI=1S/C30H36N4O6P2S2/c1-5-37-29(35)21(3)31-41(43)33(19-23-11-7-9-13-27(23)39-41)25-15-17-26(18-16-25)34-20-24-12-8-10-14-28(24)40-42(34,44)32-22(4)30(36)38-6-2/h7-18,21-22H,5-6,19-20H2,1-4H3,(H,31,43)(H,32,44). The Bertz CT molecular complexity index is 1510. The Morgan fingerprint density at radius 2 is 1.09 bits per heavy atom. The predicted molar refractivity (Wildman–Crippen MR) is 180 cm³/mol. The zero-order valence-corrected chi connectivity index (χ0v) is 28.4. The lowest BCUT2D eigenvalue weighted by Gasteiger charge is -2.43. The van der Waals surface area contributed by atoms with Gasteiger partial charge in [0, 0.05) is 22.5 Å². The third kappa shape index (κ3) is 6.81. The Labute approximate surface area is 268 Å². The molecule has 0 saturated carbocycles. The van der Waals surface area contributed by atoms with Gasteiger partial charge < -0.3 is 18.5 Å². The van der Waals surface area contributed by atoms with Crippen molar-refractivity contribution < 1.29 is 28.1 Å². The molecule has 2 N–H and O–H groups in total. The van der Waals surface area contributed by atoms with Gasteiger partial charge in [0.05, 0.1) is 26.3 Å². The van der Waals surface area contributed by atoms with E-state index in [2.05, 4.69) is 10.2 Å². The third-order valence-corrected chi connectivity index (χ3v) is 13.7. The Balaban J connectivity index is 1.47. The van der Waals surface area contributed by atoms with Crippen LogP contribution in [0.2, 0.25) is 0 Å². The van der Waals surface area contributed by atoms with Crippen LogP contribution in [0.25, 0.3) is 0 Å². The number of fused-ring (bicyclic) bond motifs is 2. The van der Waals surface area contributed by atoms with Crippen molar-refractivity contribution in [1.29, 1.82) is 0 Å². The molecule has 5 rings (SSSR count). The summed E-state index contributed by atoms with van der Waals surface area (Å²) in [5, 5.41) is 6.55. The number of para-hydroxylation sites is 2. The third-order valence-electron chi connectivity index (χ3n) is 7.10. The fourth-order valence-corrected chi connectivity index (χ4v) is 11.5. The number of rotatable bonds is 10. The van der Waals surface area contributed by atoms with Gasteiger partial charge in [-0.15, -0.1) is 0 Å². The number of esters is 2. The normalized spacial score (nSPS) is 22.0. The molecule has 2 aliphatic rings. The van der Waals surface area contributed by atoms with Crippen LogP contribution in [0, 0.1) is 0 Å². The van der Waals surface area contributed by atoms with Gasteiger partial charge in [-0.2, -0.15) is 0 Å². The quantitative estimate of drug-likeness (QED) is 0.194. The van der Waals surface area contributed by atoms with Crippen LogP contribution in [-0.4, -0.2) is 37.2 Å². The van der Waals surface area contributed by atoms with E-state index in [4.69, 9.17) is 42.1 Å². The zero-order valence-electron chi connectivity index (χ0n) is 25.0. The number of anilines is 2. The highest BCUT2D eigenvalue weighted by atomic mass is 32.5. The number of carbonyl (C=O) groups is 2. The maximum Gasteiger partial charge on any atom is 0.323 e. The molecule has 0 saturated heterocycles. The van der Waals surface area contributed by atoms with Gasteiger partial charge in [0.1, 0.15) is 23.6 Å². The fourth-order valence-electron chi connectivity index (χ4n) is 4.93. The van der Waals surface area contributed by atoms with Crippen molar-refractivity contribution >= 4 is 60.1 Å². The molecule has 0 bridgehead atoms. The first kappa shape index (κ1) is 32.4. The molecule has 4 atom stereocenters. The number of nitrogens with one attached hydrogen (secondary N) is 2. The Kier molecular flexibility index (Phi) is 9.99. The molecule has 0 spiro atoms. The molecule has 3 aromatic carbocycles. The van der Waals surface area contributed by atoms with Crippen molar-refractivity contribution in [2.75, 3.05) is 22.6 Å². The monoisotopic (exact) mass is 674 g/mol. The summed E-state index contributed by atoms with van der Waals surface area (Å²) in [6.45, 7) is 2.58. The first-order valence-electron chi connectivity index (χ1n) is 14.4. The Morgan fingerprint density at radius 1 is 0.727 bits per heavy atom. The van der Waals surface area contributed by atoms with Crippen molar-refractivity contribution in [2.45, 2.75) is 52.9 Å². The molecular weight excluding hydrogens is 638 g/mol. The van der Waals surface area contributed by atoms with E-state index in [1.54, 1.807) is 27.7 Å². The molecule has 0 aliphatic carbocycles. The highest BCUT2D eigenvalue weighted by molar-refractivity contribution is 8.12. The summed E-state index contributed by atoms with van der Waals surface area (Å²) in [5.74, 6) is 0.600. The summed E-state index contributed by atoms with van der Waals surface area (Å²) >= 11 is 12.3. The Hall–Kier alpha value is -2.98. The SMILES string of the molecule is CCOC(=O)C(C)NP1(=S)Oc2ccccc2CN1c1ccc(N2Cc3ccccc3OP2(=S)NC(C)C(=O)OCC)cc1. The molecule has 0 fully saturated rings. The molecule has 2 aliphatic heterocycles. The van der Waals surface area contributed by atoms with E-state index in [-0.39, 0.29) is 13.2 Å². The molecule has 2 heterocycles. The van der Waals surface area contributed by atoms with E-state index >= 15 is 0 Å². The van der Waals surface area contributed by atoms with Gasteiger partial charge in [0.25, 0.3) is 13.1 Å². The van der Waals surface area contributed by atoms with Crippen molar-refractivity contribution in [3.63, 3.8) is 0 Å². The minimum absolute atomic E-state index is 0.272. The number of nitrogens with zero attached hydrogens (tertiary/aromatic N) is 2. The van der Waals surface area contributed by atoms with Crippen molar-refractivity contribution in [3.8, 4) is 11.5 Å². The number of benzene rings is 3. The van der Waals surface area contributed by atoms with Crippen LogP contribution in [0.15, 0.2) is 72.8 Å². The van der Waals surface area contributed by atoms with Gasteiger partial charge in [-0.25, -0.2) is 10.2 Å². The second-order valence-electron chi connectivity index (χ2n) is 10.3. The molecule has 44 heavy (non-hydrogen) atoms. The first-order valence-corrected chi connectivity index (χ1v) is 19.7. The zero-order chi connectivity index (χ0) is 31.5. The Morgan fingerprint density at radius 3 is 1.45 bits per heavy atom. The largest absolute Gasteiger partial charge is 0.465 e. The van der Waals surface area contributed by atoms with E-state index in [0.29, 0.717) is 24.6 Å². The molecule has 10 nitrogen and oxygen atoms in total. The second kappa shape index (κ2) is 13.6. The molecule has 3 aromatic rings. The van der Waals surface area contributed by atoms with E-state index in [0.717, 1.165) is 22.5 Å². The van der Waals surface area contributed by atoms with E-state index in [1.807, 2.05) is 82.1 Å². The number of hydrogen-bond donors (Lipinski definition) is 2. The molecule has 14 heteroatoms. The topological polar surface area (TPSA) is 102 Å². The predicted octanol–water partition coefficient (Wildman–Crippen LogP) is 6.02. The number of hydrogen-bond acceptors (Lipinski definition) is 8.